The number of amides is 1. The van der Waals surface area contributed by atoms with E-state index in [9.17, 15) is 14.7 Å². The Labute approximate surface area is 170 Å². The maximum Gasteiger partial charge on any atom is 0.301 e. The number of benzene rings is 2. The normalized spacial score (nSPS) is 18.6. The Bertz CT molecular complexity index is 1070. The van der Waals surface area contributed by atoms with E-state index in [1.165, 1.54) is 16.2 Å². The zero-order chi connectivity index (χ0) is 19.8. The van der Waals surface area contributed by atoms with Crippen LogP contribution in [0, 0.1) is 6.92 Å². The molecule has 1 aliphatic rings. The third-order valence-corrected chi connectivity index (χ3v) is 5.60. The number of carbonyl (C=O) groups is 2. The summed E-state index contributed by atoms with van der Waals surface area (Å²) in [5, 5.41) is 13.6. The van der Waals surface area contributed by atoms with Crippen LogP contribution in [0.25, 0.3) is 5.76 Å². The molecule has 0 radical (unpaired) electrons. The quantitative estimate of drug-likeness (QED) is 0.385. The van der Waals surface area contributed by atoms with E-state index in [-0.39, 0.29) is 11.3 Å². The van der Waals surface area contributed by atoms with Gasteiger partial charge in [-0.1, -0.05) is 41.4 Å². The van der Waals surface area contributed by atoms with Gasteiger partial charge in [-0.3, -0.25) is 14.5 Å². The molecule has 1 aromatic heterocycles. The number of Topliss-reactive ketones (excluding diaryl/α,β-unsaturated/α-hetero) is 1. The van der Waals surface area contributed by atoms with Crippen molar-refractivity contribution in [2.75, 3.05) is 4.90 Å². The van der Waals surface area contributed by atoms with Gasteiger partial charge in [-0.2, -0.15) is 0 Å². The topological polar surface area (TPSA) is 70.5 Å². The molecular weight excluding hydrogens is 396 g/mol. The zero-order valence-electron chi connectivity index (χ0n) is 14.8. The van der Waals surface area contributed by atoms with Gasteiger partial charge >= 0.3 is 5.91 Å². The maximum absolute atomic E-state index is 12.9. The lowest BCUT2D eigenvalue weighted by molar-refractivity contribution is -0.132. The van der Waals surface area contributed by atoms with Crippen molar-refractivity contribution in [2.24, 2.45) is 0 Å². The number of aromatic nitrogens is 1. The van der Waals surface area contributed by atoms with Crippen LogP contribution < -0.4 is 4.90 Å². The molecule has 0 saturated carbocycles. The molecule has 0 spiro atoms. The van der Waals surface area contributed by atoms with Crippen LogP contribution in [0.15, 0.2) is 65.7 Å². The third-order valence-electron chi connectivity index (χ3n) is 4.58. The summed E-state index contributed by atoms with van der Waals surface area (Å²) < 4.78 is 0. The summed E-state index contributed by atoms with van der Waals surface area (Å²) in [4.78, 5) is 31.3. The van der Waals surface area contributed by atoms with Crippen LogP contribution in [0.4, 0.5) is 5.13 Å². The first-order valence-corrected chi connectivity index (χ1v) is 9.76. The lowest BCUT2D eigenvalue weighted by Crippen LogP contribution is -2.29. The lowest BCUT2D eigenvalue weighted by atomic mass is 9.95. The van der Waals surface area contributed by atoms with Crippen molar-refractivity contribution in [3.05, 3.63) is 87.4 Å². The number of hydrogen-bond acceptors (Lipinski definition) is 5. The number of thiazole rings is 1. The van der Waals surface area contributed by atoms with Gasteiger partial charge in [-0.15, -0.1) is 11.3 Å². The van der Waals surface area contributed by atoms with Crippen LogP contribution in [0.1, 0.15) is 22.7 Å². The summed E-state index contributed by atoms with van der Waals surface area (Å²) in [5.74, 6) is -1.69. The van der Waals surface area contributed by atoms with Gasteiger partial charge in [-0.05, 0) is 36.8 Å². The van der Waals surface area contributed by atoms with E-state index < -0.39 is 17.7 Å². The number of aliphatic hydroxyl groups excluding tert-OH is 1. The summed E-state index contributed by atoms with van der Waals surface area (Å²) >= 11 is 7.18. The fourth-order valence-electron chi connectivity index (χ4n) is 3.19. The molecule has 28 heavy (non-hydrogen) atoms. The highest BCUT2D eigenvalue weighted by molar-refractivity contribution is 7.14. The molecule has 1 amide bonds. The number of ketones is 1. The van der Waals surface area contributed by atoms with Gasteiger partial charge in [0.05, 0.1) is 11.6 Å². The summed E-state index contributed by atoms with van der Waals surface area (Å²) in [5.41, 5.74) is 2.22. The van der Waals surface area contributed by atoms with Crippen LogP contribution in [0.5, 0.6) is 0 Å². The highest BCUT2D eigenvalue weighted by Gasteiger charge is 2.47. The SMILES string of the molecule is Cc1ccc([C@H]2/C(=C(\O)c3ccc(Cl)cc3)C(=O)C(=O)N2c2nccs2)cc1. The van der Waals surface area contributed by atoms with Crippen molar-refractivity contribution in [2.45, 2.75) is 13.0 Å². The Morgan fingerprint density at radius 3 is 2.39 bits per heavy atom. The minimum atomic E-state index is -0.762. The highest BCUT2D eigenvalue weighted by atomic mass is 35.5. The monoisotopic (exact) mass is 410 g/mol. The number of nitrogens with zero attached hydrogens (tertiary/aromatic N) is 2. The second kappa shape index (κ2) is 7.22. The van der Waals surface area contributed by atoms with E-state index in [2.05, 4.69) is 4.98 Å². The van der Waals surface area contributed by atoms with E-state index in [0.717, 1.165) is 11.1 Å². The largest absolute Gasteiger partial charge is 0.507 e. The Morgan fingerprint density at radius 2 is 1.79 bits per heavy atom. The van der Waals surface area contributed by atoms with E-state index in [1.54, 1.807) is 35.8 Å². The fourth-order valence-corrected chi connectivity index (χ4v) is 3.99. The average molecular weight is 411 g/mol. The molecule has 7 heteroatoms. The average Bonchev–Trinajstić information content (AvgIpc) is 3.30. The number of anilines is 1. The molecule has 2 heterocycles. The van der Waals surface area contributed by atoms with E-state index in [4.69, 9.17) is 11.6 Å². The van der Waals surface area contributed by atoms with Crippen molar-refractivity contribution >= 4 is 45.5 Å². The molecule has 2 aromatic carbocycles. The number of carbonyl (C=O) groups excluding carboxylic acids is 2. The molecular formula is C21H15ClN2O3S. The number of rotatable bonds is 3. The Balaban J connectivity index is 1.93. The predicted octanol–water partition coefficient (Wildman–Crippen LogP) is 4.73. The Hall–Kier alpha value is -2.96. The minimum absolute atomic E-state index is 0.0337. The molecule has 0 bridgehead atoms. The van der Waals surface area contributed by atoms with E-state index in [0.29, 0.717) is 15.7 Å². The van der Waals surface area contributed by atoms with Gasteiger partial charge in [0, 0.05) is 22.2 Å². The van der Waals surface area contributed by atoms with Crippen LogP contribution in [0.3, 0.4) is 0 Å². The first-order chi connectivity index (χ1) is 13.5. The van der Waals surface area contributed by atoms with Crippen LogP contribution >= 0.6 is 22.9 Å². The molecule has 0 unspecified atom stereocenters. The summed E-state index contributed by atoms with van der Waals surface area (Å²) in [6.45, 7) is 1.95. The molecule has 1 atom stereocenters. The van der Waals surface area contributed by atoms with Crippen molar-refractivity contribution < 1.29 is 14.7 Å². The maximum atomic E-state index is 12.9. The molecule has 0 aliphatic carbocycles. The van der Waals surface area contributed by atoms with Gasteiger partial charge in [0.2, 0.25) is 0 Å². The molecule has 1 N–H and O–H groups in total. The highest BCUT2D eigenvalue weighted by Crippen LogP contribution is 2.42. The Morgan fingerprint density at radius 1 is 1.11 bits per heavy atom. The van der Waals surface area contributed by atoms with Crippen molar-refractivity contribution in [3.8, 4) is 0 Å². The Kier molecular flexibility index (Phi) is 4.75. The molecule has 5 nitrogen and oxygen atoms in total. The van der Waals surface area contributed by atoms with Crippen LogP contribution in [-0.4, -0.2) is 21.8 Å². The molecule has 3 aromatic rings. The van der Waals surface area contributed by atoms with Crippen molar-refractivity contribution in [3.63, 3.8) is 0 Å². The van der Waals surface area contributed by atoms with Gasteiger partial charge in [-0.25, -0.2) is 4.98 Å². The summed E-state index contributed by atoms with van der Waals surface area (Å²) in [7, 11) is 0. The first-order valence-electron chi connectivity index (χ1n) is 8.50. The zero-order valence-corrected chi connectivity index (χ0v) is 16.4. The number of aliphatic hydroxyl groups is 1. The predicted molar refractivity (Wildman–Crippen MR) is 110 cm³/mol. The fraction of sp³-hybridized carbons (Fsp3) is 0.0952. The number of halogens is 1. The van der Waals surface area contributed by atoms with E-state index >= 15 is 0 Å². The van der Waals surface area contributed by atoms with Gasteiger partial charge in [0.15, 0.2) is 5.13 Å². The van der Waals surface area contributed by atoms with Gasteiger partial charge in [0.25, 0.3) is 5.78 Å². The lowest BCUT2D eigenvalue weighted by Gasteiger charge is -2.23. The first kappa shape index (κ1) is 18.4. The van der Waals surface area contributed by atoms with Gasteiger partial charge in [0.1, 0.15) is 5.76 Å². The van der Waals surface area contributed by atoms with Crippen molar-refractivity contribution in [1.29, 1.82) is 0 Å². The third kappa shape index (κ3) is 3.10. The smallest absolute Gasteiger partial charge is 0.301 e. The minimum Gasteiger partial charge on any atom is -0.507 e. The van der Waals surface area contributed by atoms with Gasteiger partial charge < -0.3 is 5.11 Å². The van der Waals surface area contributed by atoms with Crippen LogP contribution in [0.2, 0.25) is 5.02 Å². The molecule has 4 rings (SSSR count). The van der Waals surface area contributed by atoms with Crippen molar-refractivity contribution in [1.82, 2.24) is 4.98 Å². The van der Waals surface area contributed by atoms with E-state index in [1.807, 2.05) is 31.2 Å². The molecule has 1 aliphatic heterocycles. The molecule has 140 valence electrons. The second-order valence-corrected chi connectivity index (χ2v) is 7.71. The number of aryl methyl sites for hydroxylation is 1. The summed E-state index contributed by atoms with van der Waals surface area (Å²) in [6, 6.07) is 13.2. The van der Waals surface area contributed by atoms with Crippen LogP contribution in [-0.2, 0) is 9.59 Å². The number of hydrogen-bond donors (Lipinski definition) is 1. The molecule has 1 fully saturated rings. The second-order valence-electron chi connectivity index (χ2n) is 6.40. The standard InChI is InChI=1S/C21H15ClN2O3S/c1-12-2-4-13(5-3-12)17-16(18(25)14-6-8-15(22)9-7-14)19(26)20(27)24(17)21-23-10-11-28-21/h2-11,17,25H,1H3/b18-16+/t17-/m0/s1. The summed E-state index contributed by atoms with van der Waals surface area (Å²) in [6.07, 6.45) is 1.57. The molecule has 1 saturated heterocycles.